The van der Waals surface area contributed by atoms with E-state index in [9.17, 15) is 35.1 Å². The van der Waals surface area contributed by atoms with Gasteiger partial charge in [-0.25, -0.2) is 9.59 Å². The van der Waals surface area contributed by atoms with E-state index in [-0.39, 0.29) is 24.3 Å². The van der Waals surface area contributed by atoms with E-state index in [2.05, 4.69) is 0 Å². The fourth-order valence-corrected chi connectivity index (χ4v) is 2.77. The van der Waals surface area contributed by atoms with E-state index in [1.165, 1.54) is 24.3 Å². The van der Waals surface area contributed by atoms with Crippen LogP contribution < -0.4 is 0 Å². The van der Waals surface area contributed by atoms with Crippen LogP contribution in [0.25, 0.3) is 6.08 Å². The normalized spacial score (nSPS) is 28.8. The lowest BCUT2D eigenvalue weighted by Gasteiger charge is -2.41. The molecule has 0 spiro atoms. The number of methoxy groups -OCH3 is 1. The maximum absolute atomic E-state index is 12.0. The molecule has 1 aliphatic rings. The summed E-state index contributed by atoms with van der Waals surface area (Å²) in [7, 11) is 1.16. The number of benzene rings is 1. The Morgan fingerprint density at radius 3 is 2.46 bits per heavy atom. The standard InChI is InChI=1S/C17H20O9/c1-25-17(16(23)24)7-12(20)15(22)13(8-17)26-14(21)5-3-9-2-4-10(18)11(19)6-9/h2-6,12-13,15,18-20,22H,7-8H2,1H3,(H,23,24)/t12-,13-,15-,17+/m1/s1. The third kappa shape index (κ3) is 4.13. The van der Waals surface area contributed by atoms with Gasteiger partial charge in [0.2, 0.25) is 0 Å². The van der Waals surface area contributed by atoms with E-state index in [4.69, 9.17) is 9.47 Å². The molecule has 0 bridgehead atoms. The van der Waals surface area contributed by atoms with Crippen LogP contribution in [-0.2, 0) is 19.1 Å². The lowest BCUT2D eigenvalue weighted by Crippen LogP contribution is -2.57. The van der Waals surface area contributed by atoms with Gasteiger partial charge < -0.3 is 35.0 Å². The Morgan fingerprint density at radius 1 is 1.19 bits per heavy atom. The van der Waals surface area contributed by atoms with Crippen LogP contribution >= 0.6 is 0 Å². The van der Waals surface area contributed by atoms with E-state index in [0.29, 0.717) is 5.56 Å². The number of aromatic hydroxyl groups is 2. The van der Waals surface area contributed by atoms with Crippen LogP contribution in [0.5, 0.6) is 11.5 Å². The van der Waals surface area contributed by atoms with Gasteiger partial charge in [0, 0.05) is 26.0 Å². The molecule has 2 rings (SSSR count). The van der Waals surface area contributed by atoms with Crippen LogP contribution in [0.3, 0.4) is 0 Å². The van der Waals surface area contributed by atoms with Crippen molar-refractivity contribution in [2.45, 2.75) is 36.8 Å². The molecule has 0 heterocycles. The van der Waals surface area contributed by atoms with E-state index >= 15 is 0 Å². The van der Waals surface area contributed by atoms with Crippen molar-refractivity contribution in [1.29, 1.82) is 0 Å². The number of phenolic OH excluding ortho intramolecular Hbond substituents is 2. The number of aliphatic carboxylic acids is 1. The SMILES string of the molecule is CO[C@@]1(C(=O)O)C[C@@H](O)[C@@H](O)[C@H](OC(=O)C=Cc2ccc(O)c(O)c2)C1. The summed E-state index contributed by atoms with van der Waals surface area (Å²) in [6.45, 7) is 0. The lowest BCUT2D eigenvalue weighted by atomic mass is 9.79. The van der Waals surface area contributed by atoms with Crippen molar-refractivity contribution < 1.29 is 44.6 Å². The van der Waals surface area contributed by atoms with Crippen LogP contribution in [0, 0.1) is 0 Å². The molecular weight excluding hydrogens is 348 g/mol. The summed E-state index contributed by atoms with van der Waals surface area (Å²) in [5.74, 6) is -2.89. The molecule has 9 nitrogen and oxygen atoms in total. The fraction of sp³-hybridized carbons (Fsp3) is 0.412. The third-order valence-electron chi connectivity index (χ3n) is 4.30. The topological polar surface area (TPSA) is 154 Å². The van der Waals surface area contributed by atoms with Gasteiger partial charge in [-0.1, -0.05) is 6.07 Å². The first-order valence-electron chi connectivity index (χ1n) is 7.74. The number of hydrogen-bond donors (Lipinski definition) is 5. The van der Waals surface area contributed by atoms with Crippen molar-refractivity contribution in [2.75, 3.05) is 7.11 Å². The van der Waals surface area contributed by atoms with Gasteiger partial charge in [-0.2, -0.15) is 0 Å². The molecule has 4 atom stereocenters. The van der Waals surface area contributed by atoms with Gasteiger partial charge in [0.1, 0.15) is 12.2 Å². The van der Waals surface area contributed by atoms with Crippen molar-refractivity contribution in [3.8, 4) is 11.5 Å². The quantitative estimate of drug-likeness (QED) is 0.275. The number of aliphatic hydroxyl groups excluding tert-OH is 2. The van der Waals surface area contributed by atoms with Gasteiger partial charge in [-0.15, -0.1) is 0 Å². The Morgan fingerprint density at radius 2 is 1.88 bits per heavy atom. The number of carbonyl (C=O) groups is 2. The highest BCUT2D eigenvalue weighted by Crippen LogP contribution is 2.34. The van der Waals surface area contributed by atoms with Crippen molar-refractivity contribution in [1.82, 2.24) is 0 Å². The molecule has 0 unspecified atom stereocenters. The van der Waals surface area contributed by atoms with E-state index < -0.39 is 35.9 Å². The molecule has 5 N–H and O–H groups in total. The molecular formula is C17H20O9. The predicted octanol–water partition coefficient (Wildman–Crippen LogP) is 0.00820. The van der Waals surface area contributed by atoms with Crippen molar-refractivity contribution in [3.05, 3.63) is 29.8 Å². The van der Waals surface area contributed by atoms with Gasteiger partial charge in [0.25, 0.3) is 0 Å². The van der Waals surface area contributed by atoms with Crippen LogP contribution in [0.1, 0.15) is 18.4 Å². The Labute approximate surface area is 148 Å². The van der Waals surface area contributed by atoms with Gasteiger partial charge in [0.05, 0.1) is 6.10 Å². The summed E-state index contributed by atoms with van der Waals surface area (Å²) in [4.78, 5) is 23.4. The average Bonchev–Trinajstić information content (AvgIpc) is 2.59. The zero-order valence-corrected chi connectivity index (χ0v) is 13.9. The first kappa shape index (κ1) is 19.7. The molecule has 0 amide bonds. The van der Waals surface area contributed by atoms with E-state index in [1.54, 1.807) is 0 Å². The van der Waals surface area contributed by atoms with E-state index in [0.717, 1.165) is 13.2 Å². The van der Waals surface area contributed by atoms with Gasteiger partial charge in [0.15, 0.2) is 17.1 Å². The number of carboxylic acid groups (broad SMARTS) is 1. The van der Waals surface area contributed by atoms with Gasteiger partial charge >= 0.3 is 11.9 Å². The second kappa shape index (κ2) is 7.73. The maximum Gasteiger partial charge on any atom is 0.336 e. The molecule has 1 aromatic carbocycles. The highest BCUT2D eigenvalue weighted by atomic mass is 16.6. The largest absolute Gasteiger partial charge is 0.504 e. The van der Waals surface area contributed by atoms with E-state index in [1.807, 2.05) is 0 Å². The minimum Gasteiger partial charge on any atom is -0.504 e. The van der Waals surface area contributed by atoms with Crippen LogP contribution in [0.15, 0.2) is 24.3 Å². The number of phenols is 2. The average molecular weight is 368 g/mol. The number of ether oxygens (including phenoxy) is 2. The molecule has 1 saturated carbocycles. The molecule has 26 heavy (non-hydrogen) atoms. The second-order valence-electron chi connectivity index (χ2n) is 6.03. The summed E-state index contributed by atoms with van der Waals surface area (Å²) >= 11 is 0. The highest BCUT2D eigenvalue weighted by molar-refractivity contribution is 5.87. The number of esters is 1. The van der Waals surface area contributed by atoms with Crippen LogP contribution in [0.2, 0.25) is 0 Å². The minimum atomic E-state index is -1.77. The molecule has 9 heteroatoms. The number of hydrogen-bond acceptors (Lipinski definition) is 8. The minimum absolute atomic E-state index is 0.311. The van der Waals surface area contributed by atoms with Gasteiger partial charge in [-0.05, 0) is 23.8 Å². The summed E-state index contributed by atoms with van der Waals surface area (Å²) in [5, 5.41) is 47.8. The van der Waals surface area contributed by atoms with Crippen molar-refractivity contribution in [3.63, 3.8) is 0 Å². The smallest absolute Gasteiger partial charge is 0.336 e. The molecule has 1 aliphatic carbocycles. The summed E-state index contributed by atoms with van der Waals surface area (Å²) in [6, 6.07) is 3.90. The van der Waals surface area contributed by atoms with Crippen molar-refractivity contribution in [2.24, 2.45) is 0 Å². The highest BCUT2D eigenvalue weighted by Gasteiger charge is 2.51. The predicted molar refractivity (Wildman–Crippen MR) is 87.3 cm³/mol. The second-order valence-corrected chi connectivity index (χ2v) is 6.03. The number of carboxylic acids is 1. The lowest BCUT2D eigenvalue weighted by molar-refractivity contribution is -0.201. The monoisotopic (exact) mass is 368 g/mol. The summed E-state index contributed by atoms with van der Waals surface area (Å²) in [5.41, 5.74) is -1.37. The zero-order chi connectivity index (χ0) is 19.5. The Balaban J connectivity index is 2.09. The number of rotatable bonds is 5. The first-order valence-corrected chi connectivity index (χ1v) is 7.74. The molecule has 1 aromatic rings. The summed E-state index contributed by atoms with van der Waals surface area (Å²) in [6.07, 6.45) is -2.51. The Bertz CT molecular complexity index is 714. The molecule has 0 aromatic heterocycles. The molecule has 1 fully saturated rings. The maximum atomic E-state index is 12.0. The Kier molecular flexibility index (Phi) is 5.86. The van der Waals surface area contributed by atoms with Crippen LogP contribution in [-0.4, -0.2) is 68.5 Å². The molecule has 0 saturated heterocycles. The molecule has 0 aliphatic heterocycles. The number of aliphatic hydroxyl groups is 2. The number of carbonyl (C=O) groups excluding carboxylic acids is 1. The molecule has 0 radical (unpaired) electrons. The van der Waals surface area contributed by atoms with Crippen molar-refractivity contribution >= 4 is 18.0 Å². The summed E-state index contributed by atoms with van der Waals surface area (Å²) < 4.78 is 10.1. The first-order chi connectivity index (χ1) is 12.2. The van der Waals surface area contributed by atoms with Crippen LogP contribution in [0.4, 0.5) is 0 Å². The molecule has 142 valence electrons. The Hall–Kier alpha value is -2.62. The van der Waals surface area contributed by atoms with Gasteiger partial charge in [-0.3, -0.25) is 0 Å². The fourth-order valence-electron chi connectivity index (χ4n) is 2.77. The zero-order valence-electron chi connectivity index (χ0n) is 13.9. The third-order valence-corrected chi connectivity index (χ3v) is 4.30.